The van der Waals surface area contributed by atoms with Crippen LogP contribution in [0.15, 0.2) is 30.3 Å². The number of nitrogens with zero attached hydrogens (tertiary/aromatic N) is 2. The van der Waals surface area contributed by atoms with Crippen LogP contribution < -0.4 is 0 Å². The minimum atomic E-state index is -0.489. The summed E-state index contributed by atoms with van der Waals surface area (Å²) < 4.78 is 5.67. The molecule has 1 aromatic rings. The van der Waals surface area contributed by atoms with Crippen LogP contribution in [-0.4, -0.2) is 65.2 Å². The first-order valence-corrected chi connectivity index (χ1v) is 9.46. The maximum absolute atomic E-state index is 11.9. The molecule has 138 valence electrons. The molecule has 3 rings (SSSR count). The van der Waals surface area contributed by atoms with Gasteiger partial charge in [-0.15, -0.1) is 0 Å². The molecule has 2 aliphatic rings. The van der Waals surface area contributed by atoms with Crippen LogP contribution in [0.2, 0.25) is 0 Å². The van der Waals surface area contributed by atoms with E-state index < -0.39 is 6.10 Å². The van der Waals surface area contributed by atoms with Crippen molar-refractivity contribution < 1.29 is 14.6 Å². The number of β-amino-alcohol motifs (C(OH)–C–C–N with tert-alkyl or cyclic N) is 1. The number of hydrogen-bond donors (Lipinski definition) is 1. The molecular weight excluding hydrogens is 316 g/mol. The van der Waals surface area contributed by atoms with Gasteiger partial charge in [0.2, 0.25) is 5.91 Å². The third-order valence-electron chi connectivity index (χ3n) is 5.43. The van der Waals surface area contributed by atoms with E-state index in [-0.39, 0.29) is 5.91 Å². The maximum atomic E-state index is 11.9. The average molecular weight is 346 g/mol. The number of hydrogen-bond acceptors (Lipinski definition) is 4. The summed E-state index contributed by atoms with van der Waals surface area (Å²) in [6, 6.07) is 10.7. The molecular formula is C20H30N2O3. The Balaban J connectivity index is 1.47. The lowest BCUT2D eigenvalue weighted by molar-refractivity contribution is -0.130. The van der Waals surface area contributed by atoms with Crippen molar-refractivity contribution in [3.63, 3.8) is 0 Å². The van der Waals surface area contributed by atoms with Crippen LogP contribution in [-0.2, 0) is 16.1 Å². The molecule has 25 heavy (non-hydrogen) atoms. The average Bonchev–Trinajstić information content (AvgIpc) is 3.24. The molecule has 0 saturated carbocycles. The molecule has 0 radical (unpaired) electrons. The van der Waals surface area contributed by atoms with Gasteiger partial charge in [0.15, 0.2) is 0 Å². The van der Waals surface area contributed by atoms with Gasteiger partial charge in [-0.2, -0.15) is 0 Å². The second-order valence-corrected chi connectivity index (χ2v) is 7.28. The normalized spacial score (nSPS) is 25.4. The quantitative estimate of drug-likeness (QED) is 0.821. The minimum Gasteiger partial charge on any atom is -0.389 e. The van der Waals surface area contributed by atoms with Crippen molar-refractivity contribution in [1.82, 2.24) is 9.80 Å². The number of ether oxygens (including phenoxy) is 1. The number of aliphatic hydroxyl groups excluding tert-OH is 1. The molecule has 5 heteroatoms. The summed E-state index contributed by atoms with van der Waals surface area (Å²) in [6.45, 7) is 5.06. The van der Waals surface area contributed by atoms with Crippen LogP contribution in [0.4, 0.5) is 0 Å². The van der Waals surface area contributed by atoms with Crippen LogP contribution in [0.1, 0.15) is 38.2 Å². The number of aliphatic hydroxyl groups is 1. The van der Waals surface area contributed by atoms with Gasteiger partial charge in [0, 0.05) is 32.1 Å². The molecule has 5 nitrogen and oxygen atoms in total. The zero-order chi connectivity index (χ0) is 17.6. The van der Waals surface area contributed by atoms with E-state index >= 15 is 0 Å². The van der Waals surface area contributed by atoms with Crippen molar-refractivity contribution in [1.29, 1.82) is 0 Å². The number of benzene rings is 1. The van der Waals surface area contributed by atoms with Gasteiger partial charge >= 0.3 is 0 Å². The highest BCUT2D eigenvalue weighted by Crippen LogP contribution is 2.30. The van der Waals surface area contributed by atoms with Crippen molar-refractivity contribution in [2.75, 3.05) is 26.2 Å². The summed E-state index contributed by atoms with van der Waals surface area (Å²) in [5, 5.41) is 10.4. The van der Waals surface area contributed by atoms with Crippen LogP contribution in [0.3, 0.4) is 0 Å². The zero-order valence-electron chi connectivity index (χ0n) is 15.1. The lowest BCUT2D eigenvalue weighted by Crippen LogP contribution is -2.49. The van der Waals surface area contributed by atoms with Gasteiger partial charge in [-0.1, -0.05) is 30.3 Å². The summed E-state index contributed by atoms with van der Waals surface area (Å²) >= 11 is 0. The number of amides is 1. The topological polar surface area (TPSA) is 53.0 Å². The van der Waals surface area contributed by atoms with Gasteiger partial charge < -0.3 is 14.7 Å². The van der Waals surface area contributed by atoms with Gasteiger partial charge in [-0.3, -0.25) is 9.69 Å². The molecule has 0 aromatic heterocycles. The highest BCUT2D eigenvalue weighted by molar-refractivity contribution is 5.74. The van der Waals surface area contributed by atoms with Crippen LogP contribution >= 0.6 is 0 Å². The number of carbonyl (C=O) groups excluding carboxylic acids is 1. The SMILES string of the molecule is CC(=O)N1CCC[C@@H]1[C@@H]1CCCN1C[C@@H](O)COCc1ccccc1. The van der Waals surface area contributed by atoms with E-state index in [0.717, 1.165) is 44.3 Å². The highest BCUT2D eigenvalue weighted by atomic mass is 16.5. The Kier molecular flexibility index (Phi) is 6.45. The maximum Gasteiger partial charge on any atom is 0.219 e. The van der Waals surface area contributed by atoms with Crippen LogP contribution in [0, 0.1) is 0 Å². The smallest absolute Gasteiger partial charge is 0.219 e. The molecule has 0 aliphatic carbocycles. The Morgan fingerprint density at radius 3 is 2.68 bits per heavy atom. The van der Waals surface area contributed by atoms with Crippen molar-refractivity contribution in [3.05, 3.63) is 35.9 Å². The highest BCUT2D eigenvalue weighted by Gasteiger charge is 2.39. The van der Waals surface area contributed by atoms with Gasteiger partial charge in [0.05, 0.1) is 19.3 Å². The van der Waals surface area contributed by atoms with Gasteiger partial charge in [0.1, 0.15) is 0 Å². The van der Waals surface area contributed by atoms with Gasteiger partial charge in [-0.25, -0.2) is 0 Å². The van der Waals surface area contributed by atoms with Crippen LogP contribution in [0.25, 0.3) is 0 Å². The van der Waals surface area contributed by atoms with E-state index in [1.165, 1.54) is 0 Å². The third-order valence-corrected chi connectivity index (χ3v) is 5.43. The summed E-state index contributed by atoms with van der Waals surface area (Å²) in [5.41, 5.74) is 1.12. The van der Waals surface area contributed by atoms with Crippen molar-refractivity contribution in [3.8, 4) is 0 Å². The van der Waals surface area contributed by atoms with Gasteiger partial charge in [-0.05, 0) is 37.8 Å². The fourth-order valence-corrected chi connectivity index (χ4v) is 4.31. The molecule has 0 spiro atoms. The molecule has 2 aliphatic heterocycles. The van der Waals surface area contributed by atoms with E-state index in [4.69, 9.17) is 4.74 Å². The number of rotatable bonds is 7. The first-order valence-electron chi connectivity index (χ1n) is 9.46. The van der Waals surface area contributed by atoms with Crippen molar-refractivity contribution in [2.24, 2.45) is 0 Å². The van der Waals surface area contributed by atoms with E-state index in [1.54, 1.807) is 6.92 Å². The lowest BCUT2D eigenvalue weighted by atomic mass is 10.0. The molecule has 2 fully saturated rings. The third kappa shape index (κ3) is 4.81. The Morgan fingerprint density at radius 1 is 1.20 bits per heavy atom. The molecule has 0 bridgehead atoms. The Morgan fingerprint density at radius 2 is 1.92 bits per heavy atom. The van der Waals surface area contributed by atoms with E-state index in [2.05, 4.69) is 4.90 Å². The molecule has 3 atom stereocenters. The minimum absolute atomic E-state index is 0.182. The fraction of sp³-hybridized carbons (Fsp3) is 0.650. The molecule has 1 aromatic carbocycles. The standard InChI is InChI=1S/C20H30N2O3/c1-16(23)22-12-6-10-20(22)19-9-5-11-21(19)13-18(24)15-25-14-17-7-3-2-4-8-17/h2-4,7-8,18-20,24H,5-6,9-15H2,1H3/t18-,19+,20-/m1/s1. The molecule has 1 amide bonds. The summed E-state index contributed by atoms with van der Waals surface area (Å²) in [7, 11) is 0. The van der Waals surface area contributed by atoms with E-state index in [9.17, 15) is 9.90 Å². The van der Waals surface area contributed by atoms with E-state index in [0.29, 0.717) is 31.8 Å². The second-order valence-electron chi connectivity index (χ2n) is 7.28. The van der Waals surface area contributed by atoms with Crippen LogP contribution in [0.5, 0.6) is 0 Å². The summed E-state index contributed by atoms with van der Waals surface area (Å²) in [5.74, 6) is 0.182. The molecule has 2 heterocycles. The Labute approximate surface area is 150 Å². The number of likely N-dealkylation sites (tertiary alicyclic amines) is 2. The largest absolute Gasteiger partial charge is 0.389 e. The first-order chi connectivity index (χ1) is 12.1. The van der Waals surface area contributed by atoms with Gasteiger partial charge in [0.25, 0.3) is 0 Å². The summed E-state index contributed by atoms with van der Waals surface area (Å²) in [6.07, 6.45) is 3.95. The van der Waals surface area contributed by atoms with E-state index in [1.807, 2.05) is 35.2 Å². The predicted octanol–water partition coefficient (Wildman–Crippen LogP) is 2.04. The van der Waals surface area contributed by atoms with Crippen molar-refractivity contribution >= 4 is 5.91 Å². The lowest BCUT2D eigenvalue weighted by Gasteiger charge is -2.35. The molecule has 0 unspecified atom stereocenters. The monoisotopic (exact) mass is 346 g/mol. The fourth-order valence-electron chi connectivity index (χ4n) is 4.31. The zero-order valence-corrected chi connectivity index (χ0v) is 15.1. The molecule has 1 N–H and O–H groups in total. The summed E-state index contributed by atoms with van der Waals surface area (Å²) in [4.78, 5) is 16.2. The second kappa shape index (κ2) is 8.79. The molecule has 2 saturated heterocycles. The Bertz CT molecular complexity index is 551. The van der Waals surface area contributed by atoms with Crippen molar-refractivity contribution in [2.45, 2.75) is 57.4 Å². The number of carbonyl (C=O) groups is 1. The Hall–Kier alpha value is -1.43. The first kappa shape index (κ1) is 18.4. The predicted molar refractivity (Wildman–Crippen MR) is 97.1 cm³/mol.